The first kappa shape index (κ1) is 9.18. The summed E-state index contributed by atoms with van der Waals surface area (Å²) in [6.45, 7) is 1.99. The van der Waals surface area contributed by atoms with Crippen LogP contribution in [0.15, 0.2) is 24.3 Å². The number of terminal acetylenes is 1. The van der Waals surface area contributed by atoms with Gasteiger partial charge in [0, 0.05) is 21.6 Å². The molecule has 0 amide bonds. The number of hydrogen-bond acceptors (Lipinski definition) is 0. The largest absolute Gasteiger partial charge is 0.357 e. The highest BCUT2D eigenvalue weighted by atomic mass is 35.5. The molecule has 70 valence electrons. The Hall–Kier alpha value is -1.39. The predicted molar refractivity (Wildman–Crippen MR) is 60.6 cm³/mol. The molecule has 1 atom stereocenters. The lowest BCUT2D eigenvalue weighted by Gasteiger charge is -1.97. The topological polar surface area (TPSA) is 15.8 Å². The van der Waals surface area contributed by atoms with Gasteiger partial charge in [0.25, 0.3) is 0 Å². The van der Waals surface area contributed by atoms with Gasteiger partial charge in [0.05, 0.1) is 5.92 Å². The molecule has 0 fully saturated rings. The van der Waals surface area contributed by atoms with Gasteiger partial charge >= 0.3 is 0 Å². The summed E-state index contributed by atoms with van der Waals surface area (Å²) in [7, 11) is 0. The van der Waals surface area contributed by atoms with E-state index in [1.807, 2.05) is 31.2 Å². The molecule has 1 unspecified atom stereocenters. The fourth-order valence-corrected chi connectivity index (χ4v) is 1.63. The Morgan fingerprint density at radius 2 is 2.21 bits per heavy atom. The Bertz CT molecular complexity index is 505. The van der Waals surface area contributed by atoms with E-state index in [0.717, 1.165) is 21.6 Å². The molecule has 0 aliphatic rings. The van der Waals surface area contributed by atoms with Gasteiger partial charge in [0.2, 0.25) is 0 Å². The van der Waals surface area contributed by atoms with Crippen molar-refractivity contribution < 1.29 is 0 Å². The number of fused-ring (bicyclic) bond motifs is 1. The van der Waals surface area contributed by atoms with E-state index in [1.54, 1.807) is 0 Å². The molecule has 0 bridgehead atoms. The summed E-state index contributed by atoms with van der Waals surface area (Å²) < 4.78 is 0. The summed E-state index contributed by atoms with van der Waals surface area (Å²) >= 11 is 5.89. The van der Waals surface area contributed by atoms with Crippen LogP contribution in [0.5, 0.6) is 0 Å². The normalized spacial score (nSPS) is 12.6. The molecule has 14 heavy (non-hydrogen) atoms. The second-order valence-corrected chi connectivity index (χ2v) is 3.78. The lowest BCUT2D eigenvalue weighted by atomic mass is 10.1. The van der Waals surface area contributed by atoms with Crippen molar-refractivity contribution in [2.24, 2.45) is 0 Å². The zero-order valence-corrected chi connectivity index (χ0v) is 8.60. The minimum Gasteiger partial charge on any atom is -0.357 e. The molecule has 1 N–H and O–H groups in total. The van der Waals surface area contributed by atoms with Crippen LogP contribution in [0.1, 0.15) is 18.5 Å². The highest BCUT2D eigenvalue weighted by Crippen LogP contribution is 2.23. The average Bonchev–Trinajstić information content (AvgIpc) is 2.59. The number of aromatic amines is 1. The van der Waals surface area contributed by atoms with E-state index in [1.165, 1.54) is 0 Å². The van der Waals surface area contributed by atoms with E-state index in [0.29, 0.717) is 0 Å². The van der Waals surface area contributed by atoms with Crippen molar-refractivity contribution in [2.75, 3.05) is 0 Å². The molecule has 1 aromatic heterocycles. The van der Waals surface area contributed by atoms with Crippen molar-refractivity contribution in [3.8, 4) is 12.3 Å². The standard InChI is InChI=1S/C12H10ClN/c1-3-8(2)12-7-9-6-10(13)4-5-11(9)14-12/h1,4-8,14H,2H3. The van der Waals surface area contributed by atoms with Crippen LogP contribution in [0.2, 0.25) is 5.02 Å². The summed E-state index contributed by atoms with van der Waals surface area (Å²) in [5, 5.41) is 1.85. The van der Waals surface area contributed by atoms with Crippen LogP contribution in [0.25, 0.3) is 10.9 Å². The highest BCUT2D eigenvalue weighted by molar-refractivity contribution is 6.31. The quantitative estimate of drug-likeness (QED) is 0.683. The van der Waals surface area contributed by atoms with Gasteiger partial charge in [-0.2, -0.15) is 0 Å². The molecule has 0 saturated carbocycles. The number of hydrogen-bond donors (Lipinski definition) is 1. The van der Waals surface area contributed by atoms with Crippen molar-refractivity contribution in [1.29, 1.82) is 0 Å². The molecule has 0 spiro atoms. The number of nitrogens with one attached hydrogen (secondary N) is 1. The maximum atomic E-state index is 5.89. The lowest BCUT2D eigenvalue weighted by molar-refractivity contribution is 0.961. The highest BCUT2D eigenvalue weighted by Gasteiger charge is 2.05. The molecule has 1 nitrogen and oxygen atoms in total. The van der Waals surface area contributed by atoms with Gasteiger partial charge in [-0.05, 0) is 31.2 Å². The monoisotopic (exact) mass is 203 g/mol. The first-order valence-corrected chi connectivity index (χ1v) is 4.83. The number of halogens is 1. The van der Waals surface area contributed by atoms with Crippen LogP contribution in [0.3, 0.4) is 0 Å². The second kappa shape index (κ2) is 3.40. The molecule has 0 aliphatic carbocycles. The smallest absolute Gasteiger partial charge is 0.0572 e. The Kier molecular flexibility index (Phi) is 2.23. The van der Waals surface area contributed by atoms with Gasteiger partial charge in [-0.25, -0.2) is 0 Å². The maximum Gasteiger partial charge on any atom is 0.0572 e. The van der Waals surface area contributed by atoms with Crippen molar-refractivity contribution in [1.82, 2.24) is 4.98 Å². The van der Waals surface area contributed by atoms with Crippen LogP contribution >= 0.6 is 11.6 Å². The molecule has 0 radical (unpaired) electrons. The molecule has 0 saturated heterocycles. The van der Waals surface area contributed by atoms with Gasteiger partial charge in [-0.3, -0.25) is 0 Å². The van der Waals surface area contributed by atoms with Crippen molar-refractivity contribution in [3.05, 3.63) is 35.0 Å². The third-order valence-corrected chi connectivity index (χ3v) is 2.56. The molecule has 1 heterocycles. The van der Waals surface area contributed by atoms with Crippen molar-refractivity contribution in [3.63, 3.8) is 0 Å². The predicted octanol–water partition coefficient (Wildman–Crippen LogP) is 3.56. The van der Waals surface area contributed by atoms with E-state index in [9.17, 15) is 0 Å². The van der Waals surface area contributed by atoms with Gasteiger partial charge < -0.3 is 4.98 Å². The molecule has 2 aromatic rings. The van der Waals surface area contributed by atoms with Gasteiger partial charge in [0.15, 0.2) is 0 Å². The van der Waals surface area contributed by atoms with Crippen LogP contribution in [-0.2, 0) is 0 Å². The molecule has 2 heteroatoms. The molecule has 1 aromatic carbocycles. The molecule has 2 rings (SSSR count). The van der Waals surface area contributed by atoms with Crippen LogP contribution in [0.4, 0.5) is 0 Å². The number of benzene rings is 1. The maximum absolute atomic E-state index is 5.89. The SMILES string of the molecule is C#CC(C)c1cc2cc(Cl)ccc2[nH]1. The van der Waals surface area contributed by atoms with E-state index >= 15 is 0 Å². The Morgan fingerprint density at radius 3 is 2.93 bits per heavy atom. The Balaban J connectivity index is 2.58. The first-order valence-electron chi connectivity index (χ1n) is 4.45. The molecule has 0 aliphatic heterocycles. The van der Waals surface area contributed by atoms with Crippen LogP contribution in [0, 0.1) is 12.3 Å². The van der Waals surface area contributed by atoms with Crippen LogP contribution in [-0.4, -0.2) is 4.98 Å². The fourth-order valence-electron chi connectivity index (χ4n) is 1.45. The number of aromatic nitrogens is 1. The summed E-state index contributed by atoms with van der Waals surface area (Å²) in [6.07, 6.45) is 5.36. The first-order chi connectivity index (χ1) is 6.70. The fraction of sp³-hybridized carbons (Fsp3) is 0.167. The van der Waals surface area contributed by atoms with Crippen LogP contribution < -0.4 is 0 Å². The number of H-pyrrole nitrogens is 1. The van der Waals surface area contributed by atoms with E-state index in [4.69, 9.17) is 18.0 Å². The van der Waals surface area contributed by atoms with Crippen molar-refractivity contribution >= 4 is 22.5 Å². The number of rotatable bonds is 1. The summed E-state index contributed by atoms with van der Waals surface area (Å²) in [6, 6.07) is 7.81. The zero-order valence-electron chi connectivity index (χ0n) is 7.84. The van der Waals surface area contributed by atoms with E-state index in [2.05, 4.69) is 10.9 Å². The average molecular weight is 204 g/mol. The summed E-state index contributed by atoms with van der Waals surface area (Å²) in [5.41, 5.74) is 2.14. The zero-order chi connectivity index (χ0) is 10.1. The Morgan fingerprint density at radius 1 is 1.43 bits per heavy atom. The third-order valence-electron chi connectivity index (χ3n) is 2.32. The summed E-state index contributed by atoms with van der Waals surface area (Å²) in [4.78, 5) is 3.27. The molecular formula is C12H10ClN. The summed E-state index contributed by atoms with van der Waals surface area (Å²) in [5.74, 6) is 2.80. The van der Waals surface area contributed by atoms with E-state index < -0.39 is 0 Å². The minimum absolute atomic E-state index is 0.112. The molecular weight excluding hydrogens is 194 g/mol. The van der Waals surface area contributed by atoms with E-state index in [-0.39, 0.29) is 5.92 Å². The van der Waals surface area contributed by atoms with Crippen molar-refractivity contribution in [2.45, 2.75) is 12.8 Å². The second-order valence-electron chi connectivity index (χ2n) is 3.34. The van der Waals surface area contributed by atoms with Gasteiger partial charge in [0.1, 0.15) is 0 Å². The van der Waals surface area contributed by atoms with Gasteiger partial charge in [-0.1, -0.05) is 17.5 Å². The van der Waals surface area contributed by atoms with Gasteiger partial charge in [-0.15, -0.1) is 6.42 Å². The Labute approximate surface area is 88.1 Å². The lowest BCUT2D eigenvalue weighted by Crippen LogP contribution is -1.87. The minimum atomic E-state index is 0.112. The third kappa shape index (κ3) is 1.49.